The molecule has 0 aromatic rings. The number of unbranched alkanes of at least 4 members (excludes halogenated alkanes) is 20. The largest absolute Gasteiger partial charge is 0.472 e. The van der Waals surface area contributed by atoms with Gasteiger partial charge in [0.05, 0.1) is 13.2 Å². The molecule has 0 spiro atoms. The molecule has 0 fully saturated rings. The van der Waals surface area contributed by atoms with Gasteiger partial charge in [0.15, 0.2) is 0 Å². The molecule has 0 saturated carbocycles. The van der Waals surface area contributed by atoms with Crippen molar-refractivity contribution in [1.29, 1.82) is 0 Å². The summed E-state index contributed by atoms with van der Waals surface area (Å²) in [4.78, 5) is 33.6. The molecule has 0 bridgehead atoms. The average Bonchev–Trinajstić information content (AvgIpc) is 2.98. The van der Waals surface area contributed by atoms with Crippen molar-refractivity contribution < 1.29 is 37.9 Å². The summed E-state index contributed by atoms with van der Waals surface area (Å²) in [5.41, 5.74) is 0. The molecule has 0 rings (SSSR count). The molecule has 9 nitrogen and oxygen atoms in total. The maximum atomic E-state index is 12.0. The Kier molecular flexibility index (Phi) is 30.3. The van der Waals surface area contributed by atoms with E-state index >= 15 is 0 Å². The van der Waals surface area contributed by atoms with Crippen LogP contribution < -0.4 is 5.32 Å². The van der Waals surface area contributed by atoms with Crippen LogP contribution in [0.25, 0.3) is 0 Å². The Morgan fingerprint density at radius 2 is 1.05 bits per heavy atom. The molecular formula is C33H66NO8P. The lowest BCUT2D eigenvalue weighted by Crippen LogP contribution is -2.27. The molecule has 0 radical (unpaired) electrons. The molecule has 0 saturated heterocycles. The third-order valence-corrected chi connectivity index (χ3v) is 8.52. The van der Waals surface area contributed by atoms with Gasteiger partial charge < -0.3 is 20.1 Å². The molecule has 0 aliphatic rings. The number of amides is 1. The first-order valence-corrected chi connectivity index (χ1v) is 19.0. The number of rotatable bonds is 33. The highest BCUT2D eigenvalue weighted by molar-refractivity contribution is 7.47. The smallest absolute Gasteiger partial charge is 0.463 e. The van der Waals surface area contributed by atoms with E-state index in [0.29, 0.717) is 6.42 Å². The summed E-state index contributed by atoms with van der Waals surface area (Å²) in [5, 5.41) is 12.6. The summed E-state index contributed by atoms with van der Waals surface area (Å²) >= 11 is 0. The standard InChI is InChI=1S/C33H66NO8P/c1-3-5-7-9-11-13-14-15-16-18-19-21-23-25-32(36)34-27-28-41-43(38,39)42-30-31(35)29-40-33(37)26-24-22-20-17-12-10-8-6-4-2/h31,35H,3-30H2,1-2H3,(H,34,36)(H,38,39). The van der Waals surface area contributed by atoms with Crippen LogP contribution in [0.1, 0.15) is 168 Å². The number of phosphoric ester groups is 1. The van der Waals surface area contributed by atoms with Gasteiger partial charge in [-0.3, -0.25) is 18.6 Å². The van der Waals surface area contributed by atoms with Gasteiger partial charge in [-0.2, -0.15) is 0 Å². The van der Waals surface area contributed by atoms with E-state index in [0.717, 1.165) is 38.5 Å². The van der Waals surface area contributed by atoms with Gasteiger partial charge in [0, 0.05) is 19.4 Å². The van der Waals surface area contributed by atoms with Gasteiger partial charge in [-0.15, -0.1) is 0 Å². The maximum absolute atomic E-state index is 12.0. The van der Waals surface area contributed by atoms with E-state index in [2.05, 4.69) is 19.2 Å². The fourth-order valence-corrected chi connectivity index (χ4v) is 5.61. The summed E-state index contributed by atoms with van der Waals surface area (Å²) in [7, 11) is -4.39. The molecule has 1 amide bonds. The molecule has 0 aromatic carbocycles. The van der Waals surface area contributed by atoms with Crippen molar-refractivity contribution in [2.24, 2.45) is 0 Å². The van der Waals surface area contributed by atoms with Gasteiger partial charge in [0.25, 0.3) is 0 Å². The number of esters is 1. The molecule has 0 heterocycles. The van der Waals surface area contributed by atoms with Crippen LogP contribution in [0.5, 0.6) is 0 Å². The number of nitrogens with one attached hydrogen (secondary N) is 1. The van der Waals surface area contributed by atoms with E-state index in [1.165, 1.54) is 103 Å². The number of carbonyl (C=O) groups is 2. The molecule has 2 atom stereocenters. The Bertz CT molecular complexity index is 694. The van der Waals surface area contributed by atoms with E-state index in [1.54, 1.807) is 0 Å². The first-order valence-electron chi connectivity index (χ1n) is 17.5. The van der Waals surface area contributed by atoms with Crippen LogP contribution in [-0.2, 0) is 27.9 Å². The monoisotopic (exact) mass is 635 g/mol. The number of hydrogen-bond donors (Lipinski definition) is 3. The zero-order valence-electron chi connectivity index (χ0n) is 27.7. The predicted octanol–water partition coefficient (Wildman–Crippen LogP) is 8.54. The van der Waals surface area contributed by atoms with Gasteiger partial charge in [0.2, 0.25) is 5.91 Å². The van der Waals surface area contributed by atoms with Gasteiger partial charge in [-0.05, 0) is 12.8 Å². The fourth-order valence-electron chi connectivity index (χ4n) is 4.85. The Morgan fingerprint density at radius 1 is 0.628 bits per heavy atom. The summed E-state index contributed by atoms with van der Waals surface area (Å²) in [6.45, 7) is 3.52. The molecule has 256 valence electrons. The zero-order chi connectivity index (χ0) is 31.9. The van der Waals surface area contributed by atoms with E-state index in [9.17, 15) is 24.2 Å². The minimum absolute atomic E-state index is 0.0875. The predicted molar refractivity (Wildman–Crippen MR) is 174 cm³/mol. The van der Waals surface area contributed by atoms with Crippen molar-refractivity contribution in [2.45, 2.75) is 174 Å². The second kappa shape index (κ2) is 31.0. The molecule has 43 heavy (non-hydrogen) atoms. The molecule has 0 aliphatic heterocycles. The number of hydrogen-bond acceptors (Lipinski definition) is 7. The van der Waals surface area contributed by atoms with Crippen molar-refractivity contribution >= 4 is 19.7 Å². The van der Waals surface area contributed by atoms with Crippen LogP contribution >= 0.6 is 7.82 Å². The highest BCUT2D eigenvalue weighted by Gasteiger charge is 2.23. The number of aliphatic hydroxyl groups is 1. The minimum Gasteiger partial charge on any atom is -0.463 e. The normalized spacial score (nSPS) is 13.5. The van der Waals surface area contributed by atoms with Crippen LogP contribution in [0.3, 0.4) is 0 Å². The highest BCUT2D eigenvalue weighted by Crippen LogP contribution is 2.42. The van der Waals surface area contributed by atoms with Crippen molar-refractivity contribution in [1.82, 2.24) is 5.32 Å². The Labute approximate surface area is 263 Å². The Balaban J connectivity index is 3.61. The number of phosphoric acid groups is 1. The fraction of sp³-hybridized carbons (Fsp3) is 0.939. The summed E-state index contributed by atoms with van der Waals surface area (Å²) in [6.07, 6.45) is 26.1. The topological polar surface area (TPSA) is 131 Å². The highest BCUT2D eigenvalue weighted by atomic mass is 31.2. The SMILES string of the molecule is CCCCCCCCCCCCCCCC(=O)NCCOP(=O)(O)OCC(O)COC(=O)CCCCCCCCCCC. The first kappa shape index (κ1) is 42.0. The van der Waals surface area contributed by atoms with Crippen molar-refractivity contribution in [3.63, 3.8) is 0 Å². The Hall–Kier alpha value is -0.990. The number of carbonyl (C=O) groups excluding carboxylic acids is 2. The van der Waals surface area contributed by atoms with Gasteiger partial charge in [-0.25, -0.2) is 4.57 Å². The lowest BCUT2D eigenvalue weighted by atomic mass is 10.0. The van der Waals surface area contributed by atoms with E-state index < -0.39 is 26.5 Å². The van der Waals surface area contributed by atoms with Crippen LogP contribution in [0.4, 0.5) is 0 Å². The minimum atomic E-state index is -4.39. The van der Waals surface area contributed by atoms with Crippen molar-refractivity contribution in [3.8, 4) is 0 Å². The van der Waals surface area contributed by atoms with E-state index in [-0.39, 0.29) is 32.1 Å². The summed E-state index contributed by atoms with van der Waals surface area (Å²) in [5.74, 6) is -0.514. The van der Waals surface area contributed by atoms with Crippen molar-refractivity contribution in [2.75, 3.05) is 26.4 Å². The van der Waals surface area contributed by atoms with Gasteiger partial charge >= 0.3 is 13.8 Å². The second-order valence-corrected chi connectivity index (χ2v) is 13.3. The third-order valence-electron chi connectivity index (χ3n) is 7.54. The van der Waals surface area contributed by atoms with Crippen LogP contribution in [-0.4, -0.2) is 54.3 Å². The van der Waals surface area contributed by atoms with Crippen LogP contribution in [0.15, 0.2) is 0 Å². The average molecular weight is 636 g/mol. The van der Waals surface area contributed by atoms with Gasteiger partial charge in [-0.1, -0.05) is 142 Å². The maximum Gasteiger partial charge on any atom is 0.472 e. The molecule has 0 aliphatic carbocycles. The quantitative estimate of drug-likeness (QED) is 0.0371. The van der Waals surface area contributed by atoms with E-state index in [1.807, 2.05) is 0 Å². The number of ether oxygens (including phenoxy) is 1. The van der Waals surface area contributed by atoms with Crippen LogP contribution in [0.2, 0.25) is 0 Å². The summed E-state index contributed by atoms with van der Waals surface area (Å²) in [6, 6.07) is 0. The molecule has 2 unspecified atom stereocenters. The van der Waals surface area contributed by atoms with E-state index in [4.69, 9.17) is 13.8 Å². The van der Waals surface area contributed by atoms with Crippen molar-refractivity contribution in [3.05, 3.63) is 0 Å². The molecule has 3 N–H and O–H groups in total. The van der Waals surface area contributed by atoms with Gasteiger partial charge in [0.1, 0.15) is 12.7 Å². The first-order chi connectivity index (χ1) is 20.8. The van der Waals surface area contributed by atoms with Crippen LogP contribution in [0, 0.1) is 0 Å². The molecule has 0 aromatic heterocycles. The lowest BCUT2D eigenvalue weighted by molar-refractivity contribution is -0.147. The second-order valence-electron chi connectivity index (χ2n) is 11.9. The molecule has 10 heteroatoms. The number of aliphatic hydroxyl groups excluding tert-OH is 1. The third kappa shape index (κ3) is 32.2. The lowest BCUT2D eigenvalue weighted by Gasteiger charge is -2.15. The summed E-state index contributed by atoms with van der Waals surface area (Å²) < 4.78 is 26.6. The Morgan fingerprint density at radius 3 is 1.51 bits per heavy atom. The zero-order valence-corrected chi connectivity index (χ0v) is 28.6. The molecular weight excluding hydrogens is 569 g/mol.